The fourth-order valence-electron chi connectivity index (χ4n) is 2.53. The van der Waals surface area contributed by atoms with Crippen LogP contribution in [0.1, 0.15) is 35.0 Å². The number of rotatable bonds is 6. The second-order valence-corrected chi connectivity index (χ2v) is 5.54. The Morgan fingerprint density at radius 3 is 2.43 bits per heavy atom. The molecule has 0 spiro atoms. The van der Waals surface area contributed by atoms with Gasteiger partial charge in [0.25, 0.3) is 0 Å². The van der Waals surface area contributed by atoms with Crippen molar-refractivity contribution in [3.63, 3.8) is 0 Å². The van der Waals surface area contributed by atoms with Crippen molar-refractivity contribution in [2.24, 2.45) is 0 Å². The highest BCUT2D eigenvalue weighted by atomic mass is 16.3. The summed E-state index contributed by atoms with van der Waals surface area (Å²) in [6.07, 6.45) is 3.56. The third-order valence-electron chi connectivity index (χ3n) is 3.80. The number of carbonyl (C=O) groups is 1. The minimum absolute atomic E-state index is 0.0385. The topological polar surface area (TPSA) is 55.4 Å². The van der Waals surface area contributed by atoms with Gasteiger partial charge >= 0.3 is 0 Å². The lowest BCUT2D eigenvalue weighted by Crippen LogP contribution is -2.24. The third-order valence-corrected chi connectivity index (χ3v) is 3.80. The van der Waals surface area contributed by atoms with Gasteiger partial charge in [-0.1, -0.05) is 29.8 Å². The maximum absolute atomic E-state index is 12.3. The summed E-state index contributed by atoms with van der Waals surface area (Å²) in [5.41, 5.74) is 2.26. The molecule has 0 saturated carbocycles. The number of hydrogen-bond donors (Lipinski definition) is 1. The first-order valence-electron chi connectivity index (χ1n) is 7.61. The zero-order valence-corrected chi connectivity index (χ0v) is 13.0. The summed E-state index contributed by atoms with van der Waals surface area (Å²) in [5.74, 6) is 1.40. The van der Waals surface area contributed by atoms with Gasteiger partial charge in [0.05, 0.1) is 25.0 Å². The molecule has 0 aliphatic carbocycles. The molecule has 2 aromatic heterocycles. The molecule has 0 aliphatic rings. The Balaban J connectivity index is 1.71. The highest BCUT2D eigenvalue weighted by Gasteiger charge is 2.20. The summed E-state index contributed by atoms with van der Waals surface area (Å²) >= 11 is 0. The van der Waals surface area contributed by atoms with Gasteiger partial charge in [-0.3, -0.25) is 4.79 Å². The van der Waals surface area contributed by atoms with E-state index < -0.39 is 0 Å². The molecule has 1 amide bonds. The Kier molecular flexibility index (Phi) is 4.62. The third kappa shape index (κ3) is 3.92. The number of hydrogen-bond acceptors (Lipinski definition) is 3. The molecular weight excluding hydrogens is 290 g/mol. The van der Waals surface area contributed by atoms with Crippen molar-refractivity contribution in [2.75, 3.05) is 0 Å². The summed E-state index contributed by atoms with van der Waals surface area (Å²) in [4.78, 5) is 12.3. The predicted molar refractivity (Wildman–Crippen MR) is 86.9 cm³/mol. The molecule has 0 radical (unpaired) electrons. The fourth-order valence-corrected chi connectivity index (χ4v) is 2.53. The Hall–Kier alpha value is -2.75. The molecule has 0 bridgehead atoms. The van der Waals surface area contributed by atoms with Crippen LogP contribution in [0.15, 0.2) is 69.9 Å². The monoisotopic (exact) mass is 309 g/mol. The first kappa shape index (κ1) is 15.2. The number of aryl methyl sites for hydroxylation is 1. The van der Waals surface area contributed by atoms with Crippen molar-refractivity contribution < 1.29 is 13.6 Å². The van der Waals surface area contributed by atoms with E-state index in [1.807, 2.05) is 49.4 Å². The van der Waals surface area contributed by atoms with Crippen LogP contribution in [0.25, 0.3) is 0 Å². The minimum Gasteiger partial charge on any atom is -0.469 e. The van der Waals surface area contributed by atoms with Crippen LogP contribution in [0.5, 0.6) is 0 Å². The summed E-state index contributed by atoms with van der Waals surface area (Å²) in [5, 5.41) is 2.88. The SMILES string of the molecule is Cc1ccc(C(CC(=O)NCc2ccco2)c2ccco2)cc1. The molecule has 4 heteroatoms. The van der Waals surface area contributed by atoms with Gasteiger partial charge in [-0.25, -0.2) is 0 Å². The first-order valence-corrected chi connectivity index (χ1v) is 7.61. The van der Waals surface area contributed by atoms with Crippen molar-refractivity contribution >= 4 is 5.91 Å². The normalized spacial score (nSPS) is 12.0. The number of furan rings is 2. The smallest absolute Gasteiger partial charge is 0.221 e. The van der Waals surface area contributed by atoms with Gasteiger partial charge < -0.3 is 14.2 Å². The maximum Gasteiger partial charge on any atom is 0.221 e. The molecule has 1 atom stereocenters. The molecule has 2 heterocycles. The van der Waals surface area contributed by atoms with Gasteiger partial charge in [0.2, 0.25) is 5.91 Å². The second-order valence-electron chi connectivity index (χ2n) is 5.54. The minimum atomic E-state index is -0.0952. The van der Waals surface area contributed by atoms with Gasteiger partial charge in [-0.2, -0.15) is 0 Å². The highest BCUT2D eigenvalue weighted by Crippen LogP contribution is 2.28. The number of benzene rings is 1. The fraction of sp³-hybridized carbons (Fsp3) is 0.211. The first-order chi connectivity index (χ1) is 11.2. The van der Waals surface area contributed by atoms with Crippen molar-refractivity contribution in [3.8, 4) is 0 Å². The van der Waals surface area contributed by atoms with Crippen LogP contribution in [0, 0.1) is 6.92 Å². The number of amides is 1. The van der Waals surface area contributed by atoms with E-state index in [0.29, 0.717) is 13.0 Å². The van der Waals surface area contributed by atoms with Crippen LogP contribution in [0.3, 0.4) is 0 Å². The Morgan fingerprint density at radius 1 is 1.04 bits per heavy atom. The van der Waals surface area contributed by atoms with E-state index in [-0.39, 0.29) is 11.8 Å². The maximum atomic E-state index is 12.3. The molecule has 1 aromatic carbocycles. The zero-order valence-electron chi connectivity index (χ0n) is 13.0. The Bertz CT molecular complexity index is 728. The average Bonchev–Trinajstić information content (AvgIpc) is 3.25. The van der Waals surface area contributed by atoms with Crippen molar-refractivity contribution in [3.05, 3.63) is 83.7 Å². The molecule has 4 nitrogen and oxygen atoms in total. The lowest BCUT2D eigenvalue weighted by Gasteiger charge is -2.15. The summed E-state index contributed by atoms with van der Waals surface area (Å²) in [6, 6.07) is 15.6. The number of nitrogens with one attached hydrogen (secondary N) is 1. The van der Waals surface area contributed by atoms with E-state index in [9.17, 15) is 4.79 Å². The highest BCUT2D eigenvalue weighted by molar-refractivity contribution is 5.77. The van der Waals surface area contributed by atoms with Crippen LogP contribution in [0.2, 0.25) is 0 Å². The van der Waals surface area contributed by atoms with Crippen molar-refractivity contribution in [2.45, 2.75) is 25.8 Å². The summed E-state index contributed by atoms with van der Waals surface area (Å²) in [6.45, 7) is 2.44. The van der Waals surface area contributed by atoms with Gasteiger partial charge in [0.1, 0.15) is 11.5 Å². The molecule has 1 unspecified atom stereocenters. The van der Waals surface area contributed by atoms with Gasteiger partial charge in [0.15, 0.2) is 0 Å². The number of carbonyl (C=O) groups excluding carboxylic acids is 1. The van der Waals surface area contributed by atoms with Crippen LogP contribution < -0.4 is 5.32 Å². The van der Waals surface area contributed by atoms with Crippen LogP contribution in [0.4, 0.5) is 0 Å². The van der Waals surface area contributed by atoms with Crippen LogP contribution in [-0.4, -0.2) is 5.91 Å². The van der Waals surface area contributed by atoms with E-state index in [0.717, 1.165) is 17.1 Å². The molecular formula is C19H19NO3. The molecule has 1 N–H and O–H groups in total. The predicted octanol–water partition coefficient (Wildman–Crippen LogP) is 4.02. The average molecular weight is 309 g/mol. The lowest BCUT2D eigenvalue weighted by molar-refractivity contribution is -0.121. The van der Waals surface area contributed by atoms with Gasteiger partial charge in [-0.15, -0.1) is 0 Å². The molecule has 0 fully saturated rings. The molecule has 3 aromatic rings. The van der Waals surface area contributed by atoms with Crippen molar-refractivity contribution in [1.82, 2.24) is 5.32 Å². The van der Waals surface area contributed by atoms with E-state index in [4.69, 9.17) is 8.83 Å². The Morgan fingerprint density at radius 2 is 1.78 bits per heavy atom. The van der Waals surface area contributed by atoms with Crippen LogP contribution in [-0.2, 0) is 11.3 Å². The van der Waals surface area contributed by atoms with E-state index in [1.54, 1.807) is 18.6 Å². The van der Waals surface area contributed by atoms with Gasteiger partial charge in [0, 0.05) is 6.42 Å². The summed E-state index contributed by atoms with van der Waals surface area (Å²) in [7, 11) is 0. The van der Waals surface area contributed by atoms with E-state index in [2.05, 4.69) is 5.32 Å². The molecule has 118 valence electrons. The molecule has 3 rings (SSSR count). The quantitative estimate of drug-likeness (QED) is 0.748. The standard InChI is InChI=1S/C19H19NO3/c1-14-6-8-15(9-7-14)17(18-5-3-11-23-18)12-19(21)20-13-16-4-2-10-22-16/h2-11,17H,12-13H2,1H3,(H,20,21). The second kappa shape index (κ2) is 7.01. The zero-order chi connectivity index (χ0) is 16.1. The van der Waals surface area contributed by atoms with Gasteiger partial charge in [-0.05, 0) is 36.8 Å². The van der Waals surface area contributed by atoms with E-state index >= 15 is 0 Å². The molecule has 23 heavy (non-hydrogen) atoms. The lowest BCUT2D eigenvalue weighted by atomic mass is 9.92. The van der Waals surface area contributed by atoms with E-state index in [1.165, 1.54) is 5.56 Å². The molecule has 0 saturated heterocycles. The van der Waals surface area contributed by atoms with Crippen molar-refractivity contribution in [1.29, 1.82) is 0 Å². The Labute approximate surface area is 135 Å². The molecule has 0 aliphatic heterocycles. The van der Waals surface area contributed by atoms with Crippen LogP contribution >= 0.6 is 0 Å². The largest absolute Gasteiger partial charge is 0.469 e. The summed E-state index contributed by atoms with van der Waals surface area (Å²) < 4.78 is 10.8.